The predicted molar refractivity (Wildman–Crippen MR) is 65.6 cm³/mol. The van der Waals surface area contributed by atoms with E-state index in [1.165, 1.54) is 26.2 Å². The highest BCUT2D eigenvalue weighted by Crippen LogP contribution is 2.05. The molecule has 1 atom stereocenters. The first-order valence-electron chi connectivity index (χ1n) is 6.45. The van der Waals surface area contributed by atoms with Gasteiger partial charge >= 0.3 is 11.9 Å². The Morgan fingerprint density at radius 3 is 2.24 bits per heavy atom. The second-order valence-corrected chi connectivity index (χ2v) is 4.09. The molecule has 0 saturated heterocycles. The minimum atomic E-state index is -0.747. The molecule has 0 bridgehead atoms. The summed E-state index contributed by atoms with van der Waals surface area (Å²) >= 11 is 0. The van der Waals surface area contributed by atoms with Crippen LogP contribution in [0.1, 0.15) is 59.3 Å². The quantitative estimate of drug-likeness (QED) is 0.462. The molecule has 0 heterocycles. The molecule has 0 aliphatic carbocycles. The number of esters is 2. The topological polar surface area (TPSA) is 52.6 Å². The van der Waals surface area contributed by atoms with Crippen LogP contribution >= 0.6 is 0 Å². The van der Waals surface area contributed by atoms with E-state index in [2.05, 4.69) is 6.92 Å². The fourth-order valence-electron chi connectivity index (χ4n) is 1.47. The van der Waals surface area contributed by atoms with Gasteiger partial charge in [-0.15, -0.1) is 0 Å². The third-order valence-corrected chi connectivity index (χ3v) is 2.43. The van der Waals surface area contributed by atoms with E-state index < -0.39 is 18.0 Å². The maximum absolute atomic E-state index is 11.5. The van der Waals surface area contributed by atoms with Crippen molar-refractivity contribution in [1.29, 1.82) is 0 Å². The van der Waals surface area contributed by atoms with Crippen LogP contribution in [-0.4, -0.2) is 24.6 Å². The lowest BCUT2D eigenvalue weighted by molar-refractivity contribution is -0.166. The van der Waals surface area contributed by atoms with Crippen molar-refractivity contribution in [3.05, 3.63) is 0 Å². The van der Waals surface area contributed by atoms with Crippen LogP contribution in [0.15, 0.2) is 0 Å². The normalized spacial score (nSPS) is 11.9. The zero-order valence-corrected chi connectivity index (χ0v) is 11.2. The van der Waals surface area contributed by atoms with Crippen LogP contribution in [0.2, 0.25) is 0 Å². The SMILES string of the molecule is CCCCCCCOC(=O)[C@@H](CC)OC(C)=O. The van der Waals surface area contributed by atoms with Crippen LogP contribution in [0.3, 0.4) is 0 Å². The highest BCUT2D eigenvalue weighted by molar-refractivity contribution is 5.78. The number of hydrogen-bond donors (Lipinski definition) is 0. The molecule has 4 nitrogen and oxygen atoms in total. The third-order valence-electron chi connectivity index (χ3n) is 2.43. The lowest BCUT2D eigenvalue weighted by Crippen LogP contribution is -2.28. The largest absolute Gasteiger partial charge is 0.463 e. The van der Waals surface area contributed by atoms with Gasteiger partial charge in [0.05, 0.1) is 6.61 Å². The van der Waals surface area contributed by atoms with Gasteiger partial charge in [-0.1, -0.05) is 39.5 Å². The average molecular weight is 244 g/mol. The van der Waals surface area contributed by atoms with Gasteiger partial charge in [-0.25, -0.2) is 4.79 Å². The number of carbonyl (C=O) groups is 2. The lowest BCUT2D eigenvalue weighted by atomic mass is 10.2. The first kappa shape index (κ1) is 15.9. The van der Waals surface area contributed by atoms with Gasteiger partial charge in [0, 0.05) is 6.92 Å². The van der Waals surface area contributed by atoms with E-state index >= 15 is 0 Å². The maximum atomic E-state index is 11.5. The molecule has 0 radical (unpaired) electrons. The van der Waals surface area contributed by atoms with E-state index in [1.54, 1.807) is 6.92 Å². The fourth-order valence-corrected chi connectivity index (χ4v) is 1.47. The Labute approximate surface area is 104 Å². The van der Waals surface area contributed by atoms with E-state index in [0.717, 1.165) is 12.8 Å². The van der Waals surface area contributed by atoms with Gasteiger partial charge in [0.1, 0.15) is 0 Å². The monoisotopic (exact) mass is 244 g/mol. The molecular weight excluding hydrogens is 220 g/mol. The smallest absolute Gasteiger partial charge is 0.347 e. The van der Waals surface area contributed by atoms with Gasteiger partial charge in [0.25, 0.3) is 0 Å². The number of unbranched alkanes of at least 4 members (excludes halogenated alkanes) is 4. The highest BCUT2D eigenvalue weighted by Gasteiger charge is 2.20. The van der Waals surface area contributed by atoms with Crippen molar-refractivity contribution in [2.75, 3.05) is 6.61 Å². The molecule has 0 aromatic rings. The van der Waals surface area contributed by atoms with Crippen LogP contribution in [0.25, 0.3) is 0 Å². The Morgan fingerprint density at radius 2 is 1.71 bits per heavy atom. The van der Waals surface area contributed by atoms with Crippen LogP contribution in [0.5, 0.6) is 0 Å². The van der Waals surface area contributed by atoms with E-state index in [0.29, 0.717) is 13.0 Å². The van der Waals surface area contributed by atoms with Crippen molar-refractivity contribution in [2.24, 2.45) is 0 Å². The van der Waals surface area contributed by atoms with Crippen LogP contribution in [-0.2, 0) is 19.1 Å². The molecule has 0 spiro atoms. The zero-order chi connectivity index (χ0) is 13.1. The van der Waals surface area contributed by atoms with Gasteiger partial charge < -0.3 is 9.47 Å². The lowest BCUT2D eigenvalue weighted by Gasteiger charge is -2.13. The Balaban J connectivity index is 3.64. The molecule has 4 heteroatoms. The fraction of sp³-hybridized carbons (Fsp3) is 0.846. The Bertz CT molecular complexity index is 225. The summed E-state index contributed by atoms with van der Waals surface area (Å²) in [6.07, 6.45) is 5.25. The first-order valence-corrected chi connectivity index (χ1v) is 6.45. The van der Waals surface area contributed by atoms with Crippen LogP contribution in [0, 0.1) is 0 Å². The summed E-state index contributed by atoms with van der Waals surface area (Å²) in [4.78, 5) is 22.2. The molecule has 0 rings (SSSR count). The summed E-state index contributed by atoms with van der Waals surface area (Å²) in [7, 11) is 0. The third kappa shape index (κ3) is 8.72. The van der Waals surface area contributed by atoms with Crippen LogP contribution < -0.4 is 0 Å². The summed E-state index contributed by atoms with van der Waals surface area (Å²) in [5, 5.41) is 0. The number of carbonyl (C=O) groups excluding carboxylic acids is 2. The molecule has 0 aliphatic heterocycles. The second kappa shape index (κ2) is 10.1. The van der Waals surface area contributed by atoms with Gasteiger partial charge in [0.2, 0.25) is 0 Å². The first-order chi connectivity index (χ1) is 8.11. The Kier molecular flexibility index (Phi) is 9.49. The molecule has 0 unspecified atom stereocenters. The predicted octanol–water partition coefficient (Wildman–Crippen LogP) is 2.84. The zero-order valence-electron chi connectivity index (χ0n) is 11.2. The summed E-state index contributed by atoms with van der Waals surface area (Å²) < 4.78 is 9.90. The second-order valence-electron chi connectivity index (χ2n) is 4.09. The van der Waals surface area contributed by atoms with Crippen molar-refractivity contribution in [1.82, 2.24) is 0 Å². The van der Waals surface area contributed by atoms with E-state index in [-0.39, 0.29) is 0 Å². The van der Waals surface area contributed by atoms with Crippen molar-refractivity contribution < 1.29 is 19.1 Å². The van der Waals surface area contributed by atoms with Crippen molar-refractivity contribution in [3.8, 4) is 0 Å². The number of rotatable bonds is 9. The molecule has 0 N–H and O–H groups in total. The van der Waals surface area contributed by atoms with Gasteiger partial charge in [-0.2, -0.15) is 0 Å². The van der Waals surface area contributed by atoms with Crippen molar-refractivity contribution in [2.45, 2.75) is 65.4 Å². The van der Waals surface area contributed by atoms with E-state index in [4.69, 9.17) is 9.47 Å². The number of ether oxygens (including phenoxy) is 2. The van der Waals surface area contributed by atoms with Gasteiger partial charge in [-0.05, 0) is 12.8 Å². The summed E-state index contributed by atoms with van der Waals surface area (Å²) in [6, 6.07) is 0. The average Bonchev–Trinajstić information content (AvgIpc) is 2.30. The van der Waals surface area contributed by atoms with E-state index in [1.807, 2.05) is 0 Å². The van der Waals surface area contributed by atoms with Crippen LogP contribution in [0.4, 0.5) is 0 Å². The highest BCUT2D eigenvalue weighted by atomic mass is 16.6. The van der Waals surface area contributed by atoms with Crippen molar-refractivity contribution in [3.63, 3.8) is 0 Å². The molecule has 0 amide bonds. The standard InChI is InChI=1S/C13H24O4/c1-4-6-7-8-9-10-16-13(15)12(5-2)17-11(3)14/h12H,4-10H2,1-3H3/t12-/m1/s1. The summed E-state index contributed by atoms with van der Waals surface area (Å²) in [6.45, 7) is 5.65. The molecule has 0 aromatic heterocycles. The molecule has 0 fully saturated rings. The molecule has 17 heavy (non-hydrogen) atoms. The molecule has 0 saturated carbocycles. The maximum Gasteiger partial charge on any atom is 0.347 e. The van der Waals surface area contributed by atoms with Gasteiger partial charge in [-0.3, -0.25) is 4.79 Å². The Hall–Kier alpha value is -1.06. The number of hydrogen-bond acceptors (Lipinski definition) is 4. The Morgan fingerprint density at radius 1 is 1.06 bits per heavy atom. The molecule has 0 aromatic carbocycles. The van der Waals surface area contributed by atoms with Crippen molar-refractivity contribution >= 4 is 11.9 Å². The molecular formula is C13H24O4. The molecule has 0 aliphatic rings. The summed E-state index contributed by atoms with van der Waals surface area (Å²) in [5.41, 5.74) is 0. The minimum Gasteiger partial charge on any atom is -0.463 e. The van der Waals surface area contributed by atoms with Gasteiger partial charge in [0.15, 0.2) is 6.10 Å². The van der Waals surface area contributed by atoms with E-state index in [9.17, 15) is 9.59 Å². The minimum absolute atomic E-state index is 0.417. The molecule has 100 valence electrons. The summed E-state index contributed by atoms with van der Waals surface area (Å²) in [5.74, 6) is -0.880.